The van der Waals surface area contributed by atoms with Crippen LogP contribution < -0.4 is 0 Å². The minimum absolute atomic E-state index is 0.0910. The number of amides is 1. The Kier molecular flexibility index (Phi) is 5.71. The summed E-state index contributed by atoms with van der Waals surface area (Å²) in [4.78, 5) is 34.3. The molecule has 0 aliphatic carbocycles. The standard InChI is InChI=1S/C8H14N2O3/c1-9(3-5-11)7-8(13)10(2)4-6-12/h5-6H,3-4,7H2,1-2H3. The molecule has 0 saturated heterocycles. The Bertz CT molecular complexity index is 194. The smallest absolute Gasteiger partial charge is 0.236 e. The lowest BCUT2D eigenvalue weighted by atomic mass is 10.4. The second-order valence-electron chi connectivity index (χ2n) is 2.80. The molecule has 0 bridgehead atoms. The van der Waals surface area contributed by atoms with Crippen LogP contribution >= 0.6 is 0 Å². The zero-order chi connectivity index (χ0) is 10.3. The molecule has 0 spiro atoms. The van der Waals surface area contributed by atoms with Gasteiger partial charge in [0.15, 0.2) is 0 Å². The maximum absolute atomic E-state index is 11.2. The van der Waals surface area contributed by atoms with Gasteiger partial charge in [-0.3, -0.25) is 9.69 Å². The van der Waals surface area contributed by atoms with Gasteiger partial charge in [0, 0.05) is 7.05 Å². The summed E-state index contributed by atoms with van der Waals surface area (Å²) in [6.07, 6.45) is 1.39. The summed E-state index contributed by atoms with van der Waals surface area (Å²) in [5.41, 5.74) is 0. The molecule has 0 aliphatic rings. The van der Waals surface area contributed by atoms with Crippen molar-refractivity contribution < 1.29 is 14.4 Å². The number of hydrogen-bond acceptors (Lipinski definition) is 4. The van der Waals surface area contributed by atoms with Gasteiger partial charge in [-0.25, -0.2) is 0 Å². The Morgan fingerprint density at radius 2 is 1.69 bits per heavy atom. The molecular formula is C8H14N2O3. The SMILES string of the molecule is CN(CC=O)CC(=O)N(C)CC=O. The van der Waals surface area contributed by atoms with Crippen LogP contribution in [0, 0.1) is 0 Å². The van der Waals surface area contributed by atoms with Gasteiger partial charge in [-0.1, -0.05) is 0 Å². The fourth-order valence-corrected chi connectivity index (χ4v) is 0.757. The van der Waals surface area contributed by atoms with Crippen molar-refractivity contribution in [2.75, 3.05) is 33.7 Å². The maximum Gasteiger partial charge on any atom is 0.236 e. The van der Waals surface area contributed by atoms with Gasteiger partial charge in [0.1, 0.15) is 12.6 Å². The first-order valence-electron chi connectivity index (χ1n) is 3.91. The van der Waals surface area contributed by atoms with Gasteiger partial charge in [-0.2, -0.15) is 0 Å². The zero-order valence-corrected chi connectivity index (χ0v) is 7.90. The van der Waals surface area contributed by atoms with E-state index in [1.54, 1.807) is 19.0 Å². The molecule has 0 saturated carbocycles. The minimum Gasteiger partial charge on any atom is -0.338 e. The molecule has 0 aromatic carbocycles. The number of carbonyl (C=O) groups is 3. The number of hydrogen-bond donors (Lipinski definition) is 0. The average Bonchev–Trinajstić information content (AvgIpc) is 2.05. The molecule has 0 aliphatic heterocycles. The van der Waals surface area contributed by atoms with Crippen LogP contribution in [0.2, 0.25) is 0 Å². The van der Waals surface area contributed by atoms with E-state index in [-0.39, 0.29) is 25.5 Å². The number of aldehydes is 2. The van der Waals surface area contributed by atoms with Crippen LogP contribution in [0.3, 0.4) is 0 Å². The second-order valence-corrected chi connectivity index (χ2v) is 2.80. The van der Waals surface area contributed by atoms with Crippen molar-refractivity contribution in [3.05, 3.63) is 0 Å². The normalized spacial score (nSPS) is 9.77. The quantitative estimate of drug-likeness (QED) is 0.488. The molecular weight excluding hydrogens is 172 g/mol. The lowest BCUT2D eigenvalue weighted by molar-refractivity contribution is -0.132. The molecule has 0 radical (unpaired) electrons. The predicted octanol–water partition coefficient (Wildman–Crippen LogP) is -1.23. The first kappa shape index (κ1) is 11.8. The molecule has 1 amide bonds. The molecule has 0 aromatic heterocycles. The Morgan fingerprint density at radius 3 is 2.15 bits per heavy atom. The minimum atomic E-state index is -0.170. The molecule has 5 heteroatoms. The third-order valence-corrected chi connectivity index (χ3v) is 1.57. The molecule has 0 fully saturated rings. The highest BCUT2D eigenvalue weighted by Crippen LogP contribution is 1.86. The highest BCUT2D eigenvalue weighted by atomic mass is 16.2. The van der Waals surface area contributed by atoms with Crippen LogP contribution in [-0.4, -0.2) is 62.0 Å². The number of carbonyl (C=O) groups excluding carboxylic acids is 3. The monoisotopic (exact) mass is 186 g/mol. The van der Waals surface area contributed by atoms with E-state index < -0.39 is 0 Å². The predicted molar refractivity (Wildman–Crippen MR) is 47.3 cm³/mol. The Labute approximate surface area is 77.3 Å². The van der Waals surface area contributed by atoms with Crippen molar-refractivity contribution in [1.29, 1.82) is 0 Å². The highest BCUT2D eigenvalue weighted by molar-refractivity contribution is 5.80. The lowest BCUT2D eigenvalue weighted by Gasteiger charge is -2.18. The van der Waals surface area contributed by atoms with Crippen molar-refractivity contribution in [2.45, 2.75) is 0 Å². The molecule has 0 atom stereocenters. The Morgan fingerprint density at radius 1 is 1.15 bits per heavy atom. The van der Waals surface area contributed by atoms with Gasteiger partial charge < -0.3 is 14.5 Å². The van der Waals surface area contributed by atoms with Crippen LogP contribution in [0.1, 0.15) is 0 Å². The van der Waals surface area contributed by atoms with Crippen molar-refractivity contribution in [3.8, 4) is 0 Å². The van der Waals surface area contributed by atoms with Crippen molar-refractivity contribution in [2.24, 2.45) is 0 Å². The van der Waals surface area contributed by atoms with Crippen LogP contribution in [0.15, 0.2) is 0 Å². The van der Waals surface area contributed by atoms with E-state index in [2.05, 4.69) is 0 Å². The molecule has 0 heterocycles. The van der Waals surface area contributed by atoms with Crippen LogP contribution in [0.25, 0.3) is 0 Å². The number of likely N-dealkylation sites (N-methyl/N-ethyl adjacent to an activating group) is 2. The molecule has 74 valence electrons. The molecule has 0 rings (SSSR count). The van der Waals surface area contributed by atoms with Gasteiger partial charge in [-0.15, -0.1) is 0 Å². The Hall–Kier alpha value is -1.23. The van der Waals surface area contributed by atoms with E-state index in [0.29, 0.717) is 6.29 Å². The Balaban J connectivity index is 3.83. The molecule has 13 heavy (non-hydrogen) atoms. The van der Waals surface area contributed by atoms with Crippen molar-refractivity contribution in [3.63, 3.8) is 0 Å². The van der Waals surface area contributed by atoms with Crippen molar-refractivity contribution in [1.82, 2.24) is 9.80 Å². The fourth-order valence-electron chi connectivity index (χ4n) is 0.757. The van der Waals surface area contributed by atoms with E-state index >= 15 is 0 Å². The third-order valence-electron chi connectivity index (χ3n) is 1.57. The van der Waals surface area contributed by atoms with Crippen LogP contribution in [-0.2, 0) is 14.4 Å². The van der Waals surface area contributed by atoms with E-state index in [4.69, 9.17) is 0 Å². The van der Waals surface area contributed by atoms with E-state index in [1.807, 2.05) is 0 Å². The van der Waals surface area contributed by atoms with E-state index in [9.17, 15) is 14.4 Å². The molecule has 0 N–H and O–H groups in total. The summed E-state index contributed by atoms with van der Waals surface area (Å²) < 4.78 is 0. The van der Waals surface area contributed by atoms with E-state index in [0.717, 1.165) is 6.29 Å². The number of nitrogens with zero attached hydrogens (tertiary/aromatic N) is 2. The summed E-state index contributed by atoms with van der Waals surface area (Å²) in [6.45, 7) is 0.470. The second kappa shape index (κ2) is 6.30. The van der Waals surface area contributed by atoms with Gasteiger partial charge in [-0.05, 0) is 7.05 Å². The number of rotatable bonds is 6. The van der Waals surface area contributed by atoms with Crippen LogP contribution in [0.4, 0.5) is 0 Å². The summed E-state index contributed by atoms with van der Waals surface area (Å²) in [6, 6.07) is 0. The molecule has 0 unspecified atom stereocenters. The summed E-state index contributed by atoms with van der Waals surface area (Å²) in [5.74, 6) is -0.170. The fraction of sp³-hybridized carbons (Fsp3) is 0.625. The average molecular weight is 186 g/mol. The first-order chi connectivity index (χ1) is 6.11. The third kappa shape index (κ3) is 5.08. The largest absolute Gasteiger partial charge is 0.338 e. The maximum atomic E-state index is 11.2. The zero-order valence-electron chi connectivity index (χ0n) is 7.90. The van der Waals surface area contributed by atoms with Crippen LogP contribution in [0.5, 0.6) is 0 Å². The first-order valence-corrected chi connectivity index (χ1v) is 3.91. The van der Waals surface area contributed by atoms with Gasteiger partial charge in [0.2, 0.25) is 5.91 Å². The van der Waals surface area contributed by atoms with Gasteiger partial charge in [0.25, 0.3) is 0 Å². The summed E-state index contributed by atoms with van der Waals surface area (Å²) >= 11 is 0. The van der Waals surface area contributed by atoms with Gasteiger partial charge >= 0.3 is 0 Å². The lowest BCUT2D eigenvalue weighted by Crippen LogP contribution is -2.38. The topological polar surface area (TPSA) is 57.7 Å². The van der Waals surface area contributed by atoms with Crippen molar-refractivity contribution >= 4 is 18.5 Å². The summed E-state index contributed by atoms with van der Waals surface area (Å²) in [5, 5.41) is 0. The molecule has 5 nitrogen and oxygen atoms in total. The summed E-state index contributed by atoms with van der Waals surface area (Å²) in [7, 11) is 3.21. The van der Waals surface area contributed by atoms with E-state index in [1.165, 1.54) is 4.90 Å². The molecule has 0 aromatic rings. The highest BCUT2D eigenvalue weighted by Gasteiger charge is 2.10. The van der Waals surface area contributed by atoms with Gasteiger partial charge in [0.05, 0.1) is 19.6 Å².